The van der Waals surface area contributed by atoms with Crippen LogP contribution in [0.4, 0.5) is 0 Å². The third-order valence-electron chi connectivity index (χ3n) is 3.70. The lowest BCUT2D eigenvalue weighted by molar-refractivity contribution is 0.433. The maximum atomic E-state index is 6.26. The quantitative estimate of drug-likeness (QED) is 0.798. The Bertz CT molecular complexity index is 343. The third kappa shape index (κ3) is 2.46. The molecule has 1 aliphatic rings. The van der Waals surface area contributed by atoms with Gasteiger partial charge in [-0.2, -0.15) is 0 Å². The standard InChI is InChI=1S/C15H23N/c1-15(2,16)14-11-7-6-10-13(14)12-8-4-3-5-9-12/h6-7,10-12H,3-5,8-9,16H2,1-2H3. The lowest BCUT2D eigenvalue weighted by atomic mass is 9.78. The second kappa shape index (κ2) is 4.58. The Labute approximate surface area is 99.0 Å². The van der Waals surface area contributed by atoms with Crippen LogP contribution in [0.25, 0.3) is 0 Å². The van der Waals surface area contributed by atoms with Crippen LogP contribution in [0.3, 0.4) is 0 Å². The first-order chi connectivity index (χ1) is 7.59. The zero-order chi connectivity index (χ0) is 11.6. The van der Waals surface area contributed by atoms with Crippen molar-refractivity contribution in [2.75, 3.05) is 0 Å². The summed E-state index contributed by atoms with van der Waals surface area (Å²) in [5, 5.41) is 0. The van der Waals surface area contributed by atoms with Crippen LogP contribution >= 0.6 is 0 Å². The molecule has 1 aromatic rings. The summed E-state index contributed by atoms with van der Waals surface area (Å²) in [4.78, 5) is 0. The molecule has 0 radical (unpaired) electrons. The molecule has 0 bridgehead atoms. The van der Waals surface area contributed by atoms with E-state index in [0.717, 1.165) is 5.92 Å². The molecule has 0 aromatic heterocycles. The average Bonchev–Trinajstić information content (AvgIpc) is 2.29. The van der Waals surface area contributed by atoms with Crippen LogP contribution in [0.1, 0.15) is 63.0 Å². The molecule has 0 heterocycles. The zero-order valence-electron chi connectivity index (χ0n) is 10.5. The van der Waals surface area contributed by atoms with E-state index in [1.54, 1.807) is 0 Å². The van der Waals surface area contributed by atoms with Crippen molar-refractivity contribution >= 4 is 0 Å². The molecule has 0 saturated heterocycles. The highest BCUT2D eigenvalue weighted by molar-refractivity contribution is 5.35. The maximum absolute atomic E-state index is 6.26. The zero-order valence-corrected chi connectivity index (χ0v) is 10.5. The Morgan fingerprint density at radius 3 is 2.31 bits per heavy atom. The molecule has 0 unspecified atom stereocenters. The van der Waals surface area contributed by atoms with Gasteiger partial charge in [0.15, 0.2) is 0 Å². The van der Waals surface area contributed by atoms with E-state index in [9.17, 15) is 0 Å². The largest absolute Gasteiger partial charge is 0.322 e. The van der Waals surface area contributed by atoms with Gasteiger partial charge in [-0.15, -0.1) is 0 Å². The van der Waals surface area contributed by atoms with Gasteiger partial charge in [-0.3, -0.25) is 0 Å². The summed E-state index contributed by atoms with van der Waals surface area (Å²) in [6, 6.07) is 8.74. The average molecular weight is 217 g/mol. The fourth-order valence-corrected chi connectivity index (χ4v) is 2.85. The minimum Gasteiger partial charge on any atom is -0.322 e. The van der Waals surface area contributed by atoms with Gasteiger partial charge in [0.05, 0.1) is 0 Å². The minimum atomic E-state index is -0.214. The summed E-state index contributed by atoms with van der Waals surface area (Å²) in [5.74, 6) is 0.743. The summed E-state index contributed by atoms with van der Waals surface area (Å²) in [6.45, 7) is 4.21. The van der Waals surface area contributed by atoms with E-state index >= 15 is 0 Å². The molecule has 1 fully saturated rings. The number of rotatable bonds is 2. The molecular formula is C15H23N. The third-order valence-corrected chi connectivity index (χ3v) is 3.70. The van der Waals surface area contributed by atoms with Gasteiger partial charge in [0.2, 0.25) is 0 Å². The predicted molar refractivity (Wildman–Crippen MR) is 69.5 cm³/mol. The van der Waals surface area contributed by atoms with Gasteiger partial charge in [-0.05, 0) is 43.7 Å². The lowest BCUT2D eigenvalue weighted by Gasteiger charge is -2.29. The summed E-state index contributed by atoms with van der Waals surface area (Å²) in [6.07, 6.45) is 6.85. The van der Waals surface area contributed by atoms with Gasteiger partial charge in [0, 0.05) is 5.54 Å². The molecule has 0 aliphatic heterocycles. The first kappa shape index (κ1) is 11.7. The Morgan fingerprint density at radius 1 is 1.06 bits per heavy atom. The minimum absolute atomic E-state index is 0.214. The van der Waals surface area contributed by atoms with Crippen LogP contribution < -0.4 is 5.73 Å². The van der Waals surface area contributed by atoms with Crippen LogP contribution in [-0.2, 0) is 5.54 Å². The molecule has 1 aliphatic carbocycles. The fourth-order valence-electron chi connectivity index (χ4n) is 2.85. The van der Waals surface area contributed by atoms with E-state index in [1.807, 2.05) is 0 Å². The fraction of sp³-hybridized carbons (Fsp3) is 0.600. The van der Waals surface area contributed by atoms with Gasteiger partial charge in [-0.25, -0.2) is 0 Å². The number of hydrogen-bond acceptors (Lipinski definition) is 1. The van der Waals surface area contributed by atoms with Crippen LogP contribution in [-0.4, -0.2) is 0 Å². The molecule has 2 N–H and O–H groups in total. The smallest absolute Gasteiger partial charge is 0.0355 e. The summed E-state index contributed by atoms with van der Waals surface area (Å²) in [7, 11) is 0. The maximum Gasteiger partial charge on any atom is 0.0355 e. The van der Waals surface area contributed by atoms with Crippen LogP contribution in [0.15, 0.2) is 24.3 Å². The van der Waals surface area contributed by atoms with E-state index in [4.69, 9.17) is 5.73 Å². The van der Waals surface area contributed by atoms with Gasteiger partial charge in [-0.1, -0.05) is 43.5 Å². The van der Waals surface area contributed by atoms with Crippen molar-refractivity contribution in [3.8, 4) is 0 Å². The molecular weight excluding hydrogens is 194 g/mol. The molecule has 1 heteroatoms. The Hall–Kier alpha value is -0.820. The van der Waals surface area contributed by atoms with E-state index < -0.39 is 0 Å². The molecule has 88 valence electrons. The molecule has 2 rings (SSSR count). The second-order valence-corrected chi connectivity index (χ2v) is 5.64. The molecule has 0 spiro atoms. The number of hydrogen-bond donors (Lipinski definition) is 1. The highest BCUT2D eigenvalue weighted by Gasteiger charge is 2.23. The van der Waals surface area contributed by atoms with E-state index in [0.29, 0.717) is 0 Å². The molecule has 0 atom stereocenters. The number of nitrogens with two attached hydrogens (primary N) is 1. The van der Waals surface area contributed by atoms with Crippen LogP contribution in [0.2, 0.25) is 0 Å². The van der Waals surface area contributed by atoms with Crippen LogP contribution in [0, 0.1) is 0 Å². The Balaban J connectivity index is 2.32. The van der Waals surface area contributed by atoms with Crippen molar-refractivity contribution in [2.45, 2.75) is 57.4 Å². The summed E-state index contributed by atoms with van der Waals surface area (Å²) < 4.78 is 0. The van der Waals surface area contributed by atoms with Crippen molar-refractivity contribution in [2.24, 2.45) is 5.73 Å². The van der Waals surface area contributed by atoms with Crippen molar-refractivity contribution in [1.29, 1.82) is 0 Å². The molecule has 0 amide bonds. The van der Waals surface area contributed by atoms with Gasteiger partial charge >= 0.3 is 0 Å². The van der Waals surface area contributed by atoms with E-state index in [1.165, 1.54) is 43.2 Å². The SMILES string of the molecule is CC(C)(N)c1ccccc1C1CCCCC1. The highest BCUT2D eigenvalue weighted by Crippen LogP contribution is 2.36. The van der Waals surface area contributed by atoms with Gasteiger partial charge < -0.3 is 5.73 Å². The Morgan fingerprint density at radius 2 is 1.69 bits per heavy atom. The highest BCUT2D eigenvalue weighted by atomic mass is 14.7. The summed E-state index contributed by atoms with van der Waals surface area (Å²) >= 11 is 0. The van der Waals surface area contributed by atoms with Gasteiger partial charge in [0.25, 0.3) is 0 Å². The Kier molecular flexibility index (Phi) is 3.34. The first-order valence-electron chi connectivity index (χ1n) is 6.47. The topological polar surface area (TPSA) is 26.0 Å². The monoisotopic (exact) mass is 217 g/mol. The molecule has 1 nitrogen and oxygen atoms in total. The normalized spacial score (nSPS) is 18.7. The van der Waals surface area contributed by atoms with Crippen molar-refractivity contribution < 1.29 is 0 Å². The van der Waals surface area contributed by atoms with E-state index in [2.05, 4.69) is 38.1 Å². The lowest BCUT2D eigenvalue weighted by Crippen LogP contribution is -2.30. The second-order valence-electron chi connectivity index (χ2n) is 5.64. The molecule has 1 aromatic carbocycles. The molecule has 16 heavy (non-hydrogen) atoms. The predicted octanol–water partition coefficient (Wildman–Crippen LogP) is 3.93. The van der Waals surface area contributed by atoms with E-state index in [-0.39, 0.29) is 5.54 Å². The van der Waals surface area contributed by atoms with Crippen molar-refractivity contribution in [1.82, 2.24) is 0 Å². The summed E-state index contributed by atoms with van der Waals surface area (Å²) in [5.41, 5.74) is 8.88. The van der Waals surface area contributed by atoms with Crippen molar-refractivity contribution in [3.05, 3.63) is 35.4 Å². The molecule has 1 saturated carbocycles. The number of benzene rings is 1. The van der Waals surface area contributed by atoms with Crippen LogP contribution in [0.5, 0.6) is 0 Å². The van der Waals surface area contributed by atoms with Gasteiger partial charge in [0.1, 0.15) is 0 Å². The first-order valence-corrected chi connectivity index (χ1v) is 6.47. The van der Waals surface area contributed by atoms with Crippen molar-refractivity contribution in [3.63, 3.8) is 0 Å².